The molecule has 0 spiro atoms. The number of nitrogens with zero attached hydrogens (tertiary/aromatic N) is 4. The number of rotatable bonds is 11. The Labute approximate surface area is 200 Å². The molecule has 0 saturated carbocycles. The van der Waals surface area contributed by atoms with Gasteiger partial charge < -0.3 is 14.7 Å². The molecule has 1 saturated heterocycles. The van der Waals surface area contributed by atoms with Gasteiger partial charge in [-0.25, -0.2) is 0 Å². The second-order valence-electron chi connectivity index (χ2n) is 8.82. The van der Waals surface area contributed by atoms with Crippen LogP contribution in [0.3, 0.4) is 0 Å². The lowest BCUT2D eigenvalue weighted by Gasteiger charge is -2.38. The molecule has 1 N–H and O–H groups in total. The maximum Gasteiger partial charge on any atom is 0.119 e. The molecule has 1 aromatic carbocycles. The van der Waals surface area contributed by atoms with Gasteiger partial charge in [0.05, 0.1) is 25.0 Å². The largest absolute Gasteiger partial charge is 0.497 e. The van der Waals surface area contributed by atoms with E-state index >= 15 is 0 Å². The van der Waals surface area contributed by atoms with Crippen LogP contribution in [0.25, 0.3) is 10.9 Å². The van der Waals surface area contributed by atoms with Crippen molar-refractivity contribution in [2.45, 2.75) is 37.0 Å². The molecule has 1 aliphatic heterocycles. The van der Waals surface area contributed by atoms with Gasteiger partial charge in [0.25, 0.3) is 0 Å². The van der Waals surface area contributed by atoms with Crippen molar-refractivity contribution in [2.24, 2.45) is 11.8 Å². The Bertz CT molecular complexity index is 1000. The van der Waals surface area contributed by atoms with Crippen LogP contribution in [0.4, 0.5) is 0 Å². The number of pyridine rings is 1. The highest BCUT2D eigenvalue weighted by atomic mass is 32.2. The molecule has 1 aliphatic rings. The first-order valence-corrected chi connectivity index (χ1v) is 12.9. The van der Waals surface area contributed by atoms with Gasteiger partial charge in [-0.05, 0) is 98.7 Å². The van der Waals surface area contributed by atoms with Gasteiger partial charge in [-0.1, -0.05) is 0 Å². The predicted octanol–water partition coefficient (Wildman–Crippen LogP) is 4.47. The van der Waals surface area contributed by atoms with Crippen molar-refractivity contribution in [3.63, 3.8) is 0 Å². The first kappa shape index (κ1) is 23.9. The van der Waals surface area contributed by atoms with Crippen molar-refractivity contribution in [3.8, 4) is 5.75 Å². The van der Waals surface area contributed by atoms with Gasteiger partial charge in [-0.2, -0.15) is 10.2 Å². The summed E-state index contributed by atoms with van der Waals surface area (Å²) >= 11 is 1.84. The Balaban J connectivity index is 1.22. The number of aliphatic hydroxyl groups excluding tert-OH is 1. The van der Waals surface area contributed by atoms with Crippen molar-refractivity contribution >= 4 is 22.7 Å². The fourth-order valence-corrected chi connectivity index (χ4v) is 5.66. The molecule has 2 atom stereocenters. The molecular formula is C26H34N4O2S. The summed E-state index contributed by atoms with van der Waals surface area (Å²) in [6, 6.07) is 10.2. The highest BCUT2D eigenvalue weighted by Gasteiger charge is 2.28. The van der Waals surface area contributed by atoms with E-state index in [4.69, 9.17) is 4.74 Å². The fourth-order valence-electron chi connectivity index (χ4n) is 4.87. The van der Waals surface area contributed by atoms with E-state index in [0.717, 1.165) is 62.3 Å². The van der Waals surface area contributed by atoms with Crippen LogP contribution < -0.4 is 4.74 Å². The Kier molecular flexibility index (Phi) is 8.92. The second-order valence-corrected chi connectivity index (χ2v) is 9.99. The minimum absolute atomic E-state index is 0.286. The molecule has 33 heavy (non-hydrogen) atoms. The Morgan fingerprint density at radius 3 is 2.88 bits per heavy atom. The first-order valence-electron chi connectivity index (χ1n) is 11.9. The summed E-state index contributed by atoms with van der Waals surface area (Å²) in [7, 11) is 1.70. The van der Waals surface area contributed by atoms with Crippen molar-refractivity contribution in [2.75, 3.05) is 39.1 Å². The number of fused-ring (bicyclic) bond motifs is 1. The van der Waals surface area contributed by atoms with Crippen molar-refractivity contribution in [1.29, 1.82) is 0 Å². The van der Waals surface area contributed by atoms with Crippen LogP contribution >= 0.6 is 11.8 Å². The summed E-state index contributed by atoms with van der Waals surface area (Å²) in [6.45, 7) is 3.53. The zero-order valence-electron chi connectivity index (χ0n) is 19.4. The SMILES string of the molecule is COc1ccc2nccc(CCC[C@@H]3CCN(CCCSc4ccnnc4)C[C@@H]3CO)c2c1. The third kappa shape index (κ3) is 6.65. The summed E-state index contributed by atoms with van der Waals surface area (Å²) in [5.41, 5.74) is 2.35. The number of hydrogen-bond acceptors (Lipinski definition) is 7. The number of ether oxygens (including phenoxy) is 1. The standard InChI is InChI=1S/C26H34N4O2S/c1-32-23-6-7-26-25(16-23)21(8-11-27-26)5-2-4-20-10-14-30(18-22(20)19-31)13-3-15-33-24-9-12-28-29-17-24/h6-9,11-12,16-17,20,22,31H,2-5,10,13-15,18-19H2,1H3/t20-,22-/m1/s1. The smallest absolute Gasteiger partial charge is 0.119 e. The number of aryl methyl sites for hydroxylation is 1. The molecule has 7 heteroatoms. The topological polar surface area (TPSA) is 71.4 Å². The molecule has 0 aliphatic carbocycles. The number of benzene rings is 1. The zero-order valence-corrected chi connectivity index (χ0v) is 20.2. The lowest BCUT2D eigenvalue weighted by molar-refractivity contribution is 0.0677. The monoisotopic (exact) mass is 466 g/mol. The number of thioether (sulfide) groups is 1. The van der Waals surface area contributed by atoms with Crippen molar-refractivity contribution < 1.29 is 9.84 Å². The molecular weight excluding hydrogens is 432 g/mol. The predicted molar refractivity (Wildman–Crippen MR) is 134 cm³/mol. The van der Waals surface area contributed by atoms with Gasteiger partial charge in [0.1, 0.15) is 5.75 Å². The number of methoxy groups -OCH3 is 1. The molecule has 4 rings (SSSR count). The molecule has 3 heterocycles. The van der Waals surface area contributed by atoms with E-state index in [1.807, 2.05) is 42.4 Å². The Morgan fingerprint density at radius 2 is 2.06 bits per heavy atom. The van der Waals surface area contributed by atoms with E-state index in [1.165, 1.54) is 22.3 Å². The first-order chi connectivity index (χ1) is 16.3. The van der Waals surface area contributed by atoms with E-state index < -0.39 is 0 Å². The van der Waals surface area contributed by atoms with E-state index in [9.17, 15) is 5.11 Å². The second kappa shape index (κ2) is 12.3. The van der Waals surface area contributed by atoms with Gasteiger partial charge in [0.15, 0.2) is 0 Å². The lowest BCUT2D eigenvalue weighted by Crippen LogP contribution is -2.42. The van der Waals surface area contributed by atoms with Crippen LogP contribution in [-0.4, -0.2) is 64.3 Å². The van der Waals surface area contributed by atoms with Crippen molar-refractivity contribution in [3.05, 3.63) is 54.5 Å². The number of aromatic nitrogens is 3. The molecule has 3 aromatic rings. The van der Waals surface area contributed by atoms with Crippen LogP contribution in [0.2, 0.25) is 0 Å². The van der Waals surface area contributed by atoms with E-state index in [-0.39, 0.29) is 6.61 Å². The minimum Gasteiger partial charge on any atom is -0.497 e. The normalized spacial score (nSPS) is 19.1. The highest BCUT2D eigenvalue weighted by molar-refractivity contribution is 7.99. The average Bonchev–Trinajstić information content (AvgIpc) is 2.87. The zero-order chi connectivity index (χ0) is 22.9. The average molecular weight is 467 g/mol. The maximum atomic E-state index is 10.0. The third-order valence-corrected chi connectivity index (χ3v) is 7.78. The molecule has 0 amide bonds. The molecule has 6 nitrogen and oxygen atoms in total. The molecule has 0 bridgehead atoms. The number of aliphatic hydroxyl groups is 1. The van der Waals surface area contributed by atoms with Crippen LogP contribution in [0, 0.1) is 11.8 Å². The summed E-state index contributed by atoms with van der Waals surface area (Å²) in [5.74, 6) is 2.94. The van der Waals surface area contributed by atoms with E-state index in [2.05, 4.69) is 32.2 Å². The molecule has 2 aromatic heterocycles. The lowest BCUT2D eigenvalue weighted by atomic mass is 9.82. The van der Waals surface area contributed by atoms with Crippen LogP contribution in [0.15, 0.2) is 53.8 Å². The van der Waals surface area contributed by atoms with E-state index in [1.54, 1.807) is 13.3 Å². The molecule has 0 unspecified atom stereocenters. The van der Waals surface area contributed by atoms with Crippen LogP contribution in [0.5, 0.6) is 5.75 Å². The maximum absolute atomic E-state index is 10.0. The summed E-state index contributed by atoms with van der Waals surface area (Å²) in [4.78, 5) is 8.21. The number of hydrogen-bond donors (Lipinski definition) is 1. The van der Waals surface area contributed by atoms with E-state index in [0.29, 0.717) is 11.8 Å². The van der Waals surface area contributed by atoms with Gasteiger partial charge in [-0.3, -0.25) is 4.98 Å². The van der Waals surface area contributed by atoms with Crippen molar-refractivity contribution in [1.82, 2.24) is 20.1 Å². The number of piperidine rings is 1. The van der Waals surface area contributed by atoms with Gasteiger partial charge in [-0.15, -0.1) is 11.8 Å². The quantitative estimate of drug-likeness (QED) is 0.330. The third-order valence-electron chi connectivity index (χ3n) is 6.71. The van der Waals surface area contributed by atoms with Crippen LogP contribution in [-0.2, 0) is 6.42 Å². The van der Waals surface area contributed by atoms with Gasteiger partial charge in [0.2, 0.25) is 0 Å². The number of likely N-dealkylation sites (tertiary alicyclic amines) is 1. The molecule has 0 radical (unpaired) electrons. The minimum atomic E-state index is 0.286. The van der Waals surface area contributed by atoms with Gasteiger partial charge in [0, 0.05) is 29.6 Å². The summed E-state index contributed by atoms with van der Waals surface area (Å²) < 4.78 is 5.41. The van der Waals surface area contributed by atoms with Gasteiger partial charge >= 0.3 is 0 Å². The highest BCUT2D eigenvalue weighted by Crippen LogP contribution is 2.30. The Morgan fingerprint density at radius 1 is 1.12 bits per heavy atom. The molecule has 1 fully saturated rings. The summed E-state index contributed by atoms with van der Waals surface area (Å²) in [5, 5.41) is 19.0. The van der Waals surface area contributed by atoms with Crippen LogP contribution in [0.1, 0.15) is 31.2 Å². The Hall–Kier alpha value is -2.22. The summed E-state index contributed by atoms with van der Waals surface area (Å²) in [6.07, 6.45) is 11.1. The fraction of sp³-hybridized carbons (Fsp3) is 0.500. The molecule has 176 valence electrons.